The third-order valence-electron chi connectivity index (χ3n) is 7.26. The summed E-state index contributed by atoms with van der Waals surface area (Å²) in [4.78, 5) is 40.2. The summed E-state index contributed by atoms with van der Waals surface area (Å²) in [7, 11) is 0. The minimum atomic E-state index is -1.24. The summed E-state index contributed by atoms with van der Waals surface area (Å²) in [6, 6.07) is 13.6. The number of allylic oxidation sites excluding steroid dienone is 4. The number of ether oxygens (including phenoxy) is 2. The molecule has 0 unspecified atom stereocenters. The quantitative estimate of drug-likeness (QED) is 0.452. The number of carboxylic acid groups (broad SMARTS) is 1. The molecule has 7 nitrogen and oxygen atoms in total. The van der Waals surface area contributed by atoms with E-state index >= 15 is 0 Å². The van der Waals surface area contributed by atoms with Gasteiger partial charge in [-0.1, -0.05) is 30.3 Å². The summed E-state index contributed by atoms with van der Waals surface area (Å²) in [6.07, 6.45) is 3.17. The molecule has 2 aliphatic carbocycles. The molecule has 0 saturated heterocycles. The number of halogens is 1. The van der Waals surface area contributed by atoms with Gasteiger partial charge in [0.2, 0.25) is 0 Å². The van der Waals surface area contributed by atoms with Crippen molar-refractivity contribution >= 4 is 33.5 Å². The number of carboxylic acids is 1. The molecule has 1 aliphatic heterocycles. The zero-order valence-corrected chi connectivity index (χ0v) is 22.8. The molecule has 3 aliphatic rings. The third kappa shape index (κ3) is 5.01. The number of hydrogen-bond acceptors (Lipinski definition) is 7. The zero-order valence-electron chi connectivity index (χ0n) is 21.3. The van der Waals surface area contributed by atoms with E-state index in [0.29, 0.717) is 90.3 Å². The van der Waals surface area contributed by atoms with Gasteiger partial charge >= 0.3 is 0 Å². The molecule has 1 heterocycles. The van der Waals surface area contributed by atoms with E-state index in [1.807, 2.05) is 49.4 Å². The molecule has 38 heavy (non-hydrogen) atoms. The Bertz CT molecular complexity index is 1300. The monoisotopic (exact) mass is 578 g/mol. The van der Waals surface area contributed by atoms with Gasteiger partial charge in [0.05, 0.1) is 23.6 Å². The predicted molar refractivity (Wildman–Crippen MR) is 142 cm³/mol. The van der Waals surface area contributed by atoms with Crippen molar-refractivity contribution in [3.63, 3.8) is 0 Å². The molecule has 0 aromatic heterocycles. The Kier molecular flexibility index (Phi) is 7.70. The maximum Gasteiger partial charge on any atom is 0.175 e. The molecule has 0 N–H and O–H groups in total. The highest BCUT2D eigenvalue weighted by Crippen LogP contribution is 2.51. The highest BCUT2D eigenvalue weighted by Gasteiger charge is 2.43. The minimum Gasteiger partial charge on any atom is -0.548 e. The van der Waals surface area contributed by atoms with E-state index in [1.165, 1.54) is 0 Å². The van der Waals surface area contributed by atoms with Gasteiger partial charge in [0, 0.05) is 41.3 Å². The molecule has 8 heteroatoms. The van der Waals surface area contributed by atoms with Crippen molar-refractivity contribution in [3.05, 3.63) is 80.6 Å². The number of benzene rings is 2. The van der Waals surface area contributed by atoms with E-state index in [1.54, 1.807) is 4.90 Å². The molecule has 0 fully saturated rings. The smallest absolute Gasteiger partial charge is 0.175 e. The molecule has 0 atom stereocenters. The van der Waals surface area contributed by atoms with Gasteiger partial charge in [0.1, 0.15) is 6.61 Å². The second-order valence-corrected chi connectivity index (χ2v) is 10.6. The molecular formula is C30H29BrNO6-. The molecule has 0 saturated carbocycles. The summed E-state index contributed by atoms with van der Waals surface area (Å²) in [5.41, 5.74) is 4.17. The number of Topliss-reactive ketones (excluding diaryl/α,β-unsaturated/α-hetero) is 2. The van der Waals surface area contributed by atoms with Crippen molar-refractivity contribution in [2.75, 3.05) is 13.2 Å². The first-order chi connectivity index (χ1) is 18.4. The van der Waals surface area contributed by atoms with Crippen molar-refractivity contribution in [1.82, 2.24) is 4.90 Å². The number of rotatable bonds is 8. The van der Waals surface area contributed by atoms with E-state index < -0.39 is 11.9 Å². The Hall–Kier alpha value is -3.39. The highest BCUT2D eigenvalue weighted by molar-refractivity contribution is 9.10. The van der Waals surface area contributed by atoms with E-state index in [2.05, 4.69) is 15.9 Å². The normalized spacial score (nSPS) is 17.9. The second-order valence-electron chi connectivity index (χ2n) is 9.70. The summed E-state index contributed by atoms with van der Waals surface area (Å²) in [5, 5.41) is 11.7. The van der Waals surface area contributed by atoms with Crippen molar-refractivity contribution in [3.8, 4) is 11.5 Å². The van der Waals surface area contributed by atoms with Gasteiger partial charge in [-0.2, -0.15) is 0 Å². The average molecular weight is 579 g/mol. The van der Waals surface area contributed by atoms with Crippen LogP contribution in [-0.2, 0) is 21.0 Å². The Balaban J connectivity index is 1.63. The Morgan fingerprint density at radius 3 is 2.18 bits per heavy atom. The number of carbonyl (C=O) groups is 3. The van der Waals surface area contributed by atoms with Crippen LogP contribution >= 0.6 is 15.9 Å². The predicted octanol–water partition coefficient (Wildman–Crippen LogP) is 4.59. The van der Waals surface area contributed by atoms with Crippen molar-refractivity contribution in [1.29, 1.82) is 0 Å². The zero-order chi connectivity index (χ0) is 26.8. The van der Waals surface area contributed by atoms with Crippen LogP contribution in [0.3, 0.4) is 0 Å². The number of hydrogen-bond donors (Lipinski definition) is 0. The molecular weight excluding hydrogens is 550 g/mol. The van der Waals surface area contributed by atoms with Crippen LogP contribution in [0.2, 0.25) is 0 Å². The first-order valence-corrected chi connectivity index (χ1v) is 13.8. The molecule has 2 aromatic carbocycles. The average Bonchev–Trinajstić information content (AvgIpc) is 2.89. The lowest BCUT2D eigenvalue weighted by Crippen LogP contribution is -2.44. The van der Waals surface area contributed by atoms with Crippen LogP contribution < -0.4 is 14.6 Å². The van der Waals surface area contributed by atoms with Gasteiger partial charge < -0.3 is 24.3 Å². The largest absolute Gasteiger partial charge is 0.548 e. The SMILES string of the molecule is CCOc1cc(C2C3=C(CCCC3=O)N(CC(=O)[O-])C3=C2C(=O)CCC3)cc(Br)c1OCc1ccccc1. The van der Waals surface area contributed by atoms with Gasteiger partial charge in [-0.25, -0.2) is 0 Å². The van der Waals surface area contributed by atoms with E-state index in [9.17, 15) is 19.5 Å². The topological polar surface area (TPSA) is 96.0 Å². The molecule has 198 valence electrons. The molecule has 0 amide bonds. The van der Waals surface area contributed by atoms with Gasteiger partial charge in [0.25, 0.3) is 0 Å². The summed E-state index contributed by atoms with van der Waals surface area (Å²) < 4.78 is 12.8. The Morgan fingerprint density at radius 2 is 1.61 bits per heavy atom. The third-order valence-corrected chi connectivity index (χ3v) is 7.85. The second kappa shape index (κ2) is 11.2. The van der Waals surface area contributed by atoms with Crippen LogP contribution in [0.4, 0.5) is 0 Å². The summed E-state index contributed by atoms with van der Waals surface area (Å²) in [6.45, 7) is 2.27. The number of aliphatic carboxylic acids is 1. The van der Waals surface area contributed by atoms with E-state index in [0.717, 1.165) is 11.1 Å². The van der Waals surface area contributed by atoms with Crippen LogP contribution in [0, 0.1) is 0 Å². The summed E-state index contributed by atoms with van der Waals surface area (Å²) >= 11 is 3.66. The lowest BCUT2D eigenvalue weighted by Gasteiger charge is -2.44. The van der Waals surface area contributed by atoms with Crippen LogP contribution in [-0.4, -0.2) is 35.6 Å². The highest BCUT2D eigenvalue weighted by atomic mass is 79.9. The fourth-order valence-corrected chi connectivity index (χ4v) is 6.33. The molecule has 5 rings (SSSR count). The Morgan fingerprint density at radius 1 is 0.974 bits per heavy atom. The first-order valence-electron chi connectivity index (χ1n) is 13.0. The maximum absolute atomic E-state index is 13.4. The lowest BCUT2D eigenvalue weighted by atomic mass is 9.71. The molecule has 0 radical (unpaired) electrons. The lowest BCUT2D eigenvalue weighted by molar-refractivity contribution is -0.305. The Labute approximate surface area is 230 Å². The van der Waals surface area contributed by atoms with Crippen LogP contribution in [0.25, 0.3) is 0 Å². The fraction of sp³-hybridized carbons (Fsp3) is 0.367. The first kappa shape index (κ1) is 26.2. The number of ketones is 2. The van der Waals surface area contributed by atoms with Gasteiger partial charge in [0.15, 0.2) is 23.1 Å². The van der Waals surface area contributed by atoms with Gasteiger partial charge in [-0.3, -0.25) is 9.59 Å². The maximum atomic E-state index is 13.4. The molecule has 0 spiro atoms. The van der Waals surface area contributed by atoms with E-state index in [4.69, 9.17) is 9.47 Å². The molecule has 2 aromatic rings. The van der Waals surface area contributed by atoms with Crippen molar-refractivity contribution in [2.45, 2.75) is 58.0 Å². The fourth-order valence-electron chi connectivity index (χ4n) is 5.76. The van der Waals surface area contributed by atoms with Crippen LogP contribution in [0.1, 0.15) is 62.5 Å². The van der Waals surface area contributed by atoms with Gasteiger partial charge in [-0.05, 0) is 71.8 Å². The number of carbonyl (C=O) groups excluding carboxylic acids is 3. The van der Waals surface area contributed by atoms with Crippen LogP contribution in [0.15, 0.2) is 69.5 Å². The van der Waals surface area contributed by atoms with Crippen molar-refractivity contribution in [2.24, 2.45) is 0 Å². The number of nitrogens with zero attached hydrogens (tertiary/aromatic N) is 1. The minimum absolute atomic E-state index is 0.0528. The standard InChI is InChI=1S/C30H30BrNO6/c1-2-37-25-15-19(14-20(31)30(25)38-17-18-8-4-3-5-9-18)27-28-21(10-6-12-23(28)33)32(16-26(35)36)22-11-7-13-24(34)29(22)27/h3-5,8-9,14-15,27H,2,6-7,10-13,16-17H2,1H3,(H,35,36)/p-1. The van der Waals surface area contributed by atoms with E-state index in [-0.39, 0.29) is 18.1 Å². The summed E-state index contributed by atoms with van der Waals surface area (Å²) in [5.74, 6) is -0.870. The molecule has 0 bridgehead atoms. The van der Waals surface area contributed by atoms with Crippen molar-refractivity contribution < 1.29 is 29.0 Å². The van der Waals surface area contributed by atoms with Gasteiger partial charge in [-0.15, -0.1) is 0 Å². The van der Waals surface area contributed by atoms with Crippen LogP contribution in [0.5, 0.6) is 11.5 Å².